The normalized spacial score (nSPS) is 15.8. The molecule has 0 bridgehead atoms. The molecule has 0 radical (unpaired) electrons. The smallest absolute Gasteiger partial charge is 0.417 e. The van der Waals surface area contributed by atoms with Gasteiger partial charge in [0.05, 0.1) is 37.5 Å². The number of aliphatic hydroxyl groups excluding tert-OH is 2. The fourth-order valence-corrected chi connectivity index (χ4v) is 4.26. The van der Waals surface area contributed by atoms with Gasteiger partial charge in [-0.1, -0.05) is 42.5 Å². The van der Waals surface area contributed by atoms with Crippen LogP contribution < -0.4 is 10.5 Å². The zero-order valence-corrected chi connectivity index (χ0v) is 18.6. The SMILES string of the molecule is NC(CO)(CO)c1cc2cccc(C(F)(F)F)c2cc1OC1(COCc2ccccc2)CCC1. The summed E-state index contributed by atoms with van der Waals surface area (Å²) < 4.78 is 53.3. The van der Waals surface area contributed by atoms with E-state index in [1.807, 2.05) is 30.3 Å². The molecule has 0 heterocycles. The molecule has 182 valence electrons. The summed E-state index contributed by atoms with van der Waals surface area (Å²) in [7, 11) is 0. The minimum atomic E-state index is -4.56. The zero-order valence-electron chi connectivity index (χ0n) is 18.6. The van der Waals surface area contributed by atoms with Crippen LogP contribution in [-0.2, 0) is 23.1 Å². The van der Waals surface area contributed by atoms with E-state index in [1.165, 1.54) is 24.3 Å². The number of hydrogen-bond donors (Lipinski definition) is 3. The van der Waals surface area contributed by atoms with Crippen LogP contribution in [0, 0.1) is 0 Å². The first-order valence-electron chi connectivity index (χ1n) is 11.2. The van der Waals surface area contributed by atoms with Crippen molar-refractivity contribution >= 4 is 10.8 Å². The molecule has 0 spiro atoms. The van der Waals surface area contributed by atoms with Gasteiger partial charge in [0, 0.05) is 5.56 Å². The van der Waals surface area contributed by atoms with Gasteiger partial charge < -0.3 is 25.4 Å². The van der Waals surface area contributed by atoms with E-state index in [0.717, 1.165) is 18.1 Å². The van der Waals surface area contributed by atoms with Gasteiger partial charge in [-0.25, -0.2) is 0 Å². The molecule has 34 heavy (non-hydrogen) atoms. The molecule has 8 heteroatoms. The van der Waals surface area contributed by atoms with Crippen molar-refractivity contribution in [3.8, 4) is 5.75 Å². The lowest BCUT2D eigenvalue weighted by Gasteiger charge is -2.43. The highest BCUT2D eigenvalue weighted by Crippen LogP contribution is 2.43. The Balaban J connectivity index is 1.71. The Morgan fingerprint density at radius 2 is 1.62 bits per heavy atom. The molecule has 1 saturated carbocycles. The maximum atomic E-state index is 13.7. The molecule has 0 atom stereocenters. The fourth-order valence-electron chi connectivity index (χ4n) is 4.26. The molecule has 1 aliphatic carbocycles. The van der Waals surface area contributed by atoms with E-state index in [9.17, 15) is 23.4 Å². The van der Waals surface area contributed by atoms with Crippen LogP contribution in [0.5, 0.6) is 5.75 Å². The molecule has 4 rings (SSSR count). The molecule has 4 N–H and O–H groups in total. The molecule has 0 saturated heterocycles. The quantitative estimate of drug-likeness (QED) is 0.424. The van der Waals surface area contributed by atoms with Crippen LogP contribution in [0.2, 0.25) is 0 Å². The van der Waals surface area contributed by atoms with Gasteiger partial charge in [-0.15, -0.1) is 0 Å². The first kappa shape index (κ1) is 24.5. The summed E-state index contributed by atoms with van der Waals surface area (Å²) in [5.41, 5.74) is 4.40. The summed E-state index contributed by atoms with van der Waals surface area (Å²) >= 11 is 0. The largest absolute Gasteiger partial charge is 0.484 e. The highest BCUT2D eigenvalue weighted by molar-refractivity contribution is 5.89. The molecule has 0 amide bonds. The topological polar surface area (TPSA) is 84.9 Å². The fraction of sp³-hybridized carbons (Fsp3) is 0.385. The minimum Gasteiger partial charge on any atom is -0.484 e. The third-order valence-electron chi connectivity index (χ3n) is 6.45. The average molecular weight is 476 g/mol. The number of alkyl halides is 3. The van der Waals surface area contributed by atoms with E-state index in [4.69, 9.17) is 15.2 Å². The predicted octanol–water partition coefficient (Wildman–Crippen LogP) is 4.52. The van der Waals surface area contributed by atoms with Crippen LogP contribution in [0.3, 0.4) is 0 Å². The van der Waals surface area contributed by atoms with E-state index in [2.05, 4.69) is 0 Å². The summed E-state index contributed by atoms with van der Waals surface area (Å²) in [4.78, 5) is 0. The monoisotopic (exact) mass is 475 g/mol. The number of halogens is 3. The molecule has 5 nitrogen and oxygen atoms in total. The van der Waals surface area contributed by atoms with Gasteiger partial charge in [0.25, 0.3) is 0 Å². The van der Waals surface area contributed by atoms with Crippen molar-refractivity contribution in [2.45, 2.75) is 43.2 Å². The molecule has 1 aliphatic rings. The molecule has 0 aromatic heterocycles. The third kappa shape index (κ3) is 4.90. The summed E-state index contributed by atoms with van der Waals surface area (Å²) in [5, 5.41) is 20.1. The van der Waals surface area contributed by atoms with E-state index < -0.39 is 36.1 Å². The Labute approximate surface area is 195 Å². The van der Waals surface area contributed by atoms with Gasteiger partial charge in [0.1, 0.15) is 11.4 Å². The zero-order chi connectivity index (χ0) is 24.4. The lowest BCUT2D eigenvalue weighted by molar-refractivity contribution is -0.136. The van der Waals surface area contributed by atoms with Gasteiger partial charge in [-0.2, -0.15) is 13.2 Å². The van der Waals surface area contributed by atoms with Crippen molar-refractivity contribution in [3.05, 3.63) is 77.4 Å². The summed E-state index contributed by atoms with van der Waals surface area (Å²) in [6, 6.07) is 16.3. The summed E-state index contributed by atoms with van der Waals surface area (Å²) in [6.45, 7) is -0.595. The Kier molecular flexibility index (Phi) is 6.87. The van der Waals surface area contributed by atoms with Crippen molar-refractivity contribution < 1.29 is 32.9 Å². The third-order valence-corrected chi connectivity index (χ3v) is 6.45. The molecular formula is C26H28F3NO4. The molecule has 0 unspecified atom stereocenters. The highest BCUT2D eigenvalue weighted by atomic mass is 19.4. The van der Waals surface area contributed by atoms with E-state index in [-0.39, 0.29) is 28.7 Å². The molecule has 1 fully saturated rings. The van der Waals surface area contributed by atoms with Crippen molar-refractivity contribution in [1.29, 1.82) is 0 Å². The number of aliphatic hydroxyl groups is 2. The summed E-state index contributed by atoms with van der Waals surface area (Å²) in [6.07, 6.45) is -2.34. The van der Waals surface area contributed by atoms with Crippen LogP contribution in [0.25, 0.3) is 10.8 Å². The minimum absolute atomic E-state index is 0.0355. The van der Waals surface area contributed by atoms with Crippen molar-refractivity contribution in [3.63, 3.8) is 0 Å². The molecule has 0 aliphatic heterocycles. The average Bonchev–Trinajstić information content (AvgIpc) is 2.81. The van der Waals surface area contributed by atoms with Crippen molar-refractivity contribution in [2.75, 3.05) is 19.8 Å². The predicted molar refractivity (Wildman–Crippen MR) is 122 cm³/mol. The molecule has 3 aromatic carbocycles. The Morgan fingerprint density at radius 3 is 2.21 bits per heavy atom. The maximum absolute atomic E-state index is 13.7. The Hall–Kier alpha value is -2.65. The lowest BCUT2D eigenvalue weighted by Crippen LogP contribution is -2.49. The number of nitrogens with two attached hydrogens (primary N) is 1. The molecule has 3 aromatic rings. The Bertz CT molecular complexity index is 1130. The van der Waals surface area contributed by atoms with Crippen LogP contribution in [0.4, 0.5) is 13.2 Å². The number of rotatable bonds is 9. The number of hydrogen-bond acceptors (Lipinski definition) is 5. The van der Waals surface area contributed by atoms with E-state index >= 15 is 0 Å². The van der Waals surface area contributed by atoms with Gasteiger partial charge in [-0.05, 0) is 53.8 Å². The standard InChI is InChI=1S/C26H28F3NO4/c27-26(28,29)21-9-4-8-19-12-22(25(30,15-31)16-32)23(13-20(19)21)34-24(10-5-11-24)17-33-14-18-6-2-1-3-7-18/h1-4,6-9,12-13,31-32H,5,10-11,14-17,30H2. The maximum Gasteiger partial charge on any atom is 0.417 e. The number of ether oxygens (including phenoxy) is 2. The van der Waals surface area contributed by atoms with Gasteiger partial charge in [-0.3, -0.25) is 0 Å². The van der Waals surface area contributed by atoms with Crippen LogP contribution in [0.1, 0.15) is 36.0 Å². The van der Waals surface area contributed by atoms with Crippen molar-refractivity contribution in [2.24, 2.45) is 5.73 Å². The second-order valence-electron chi connectivity index (χ2n) is 8.96. The van der Waals surface area contributed by atoms with Crippen LogP contribution in [-0.4, -0.2) is 35.6 Å². The Morgan fingerprint density at radius 1 is 0.912 bits per heavy atom. The van der Waals surface area contributed by atoms with E-state index in [0.29, 0.717) is 19.4 Å². The second-order valence-corrected chi connectivity index (χ2v) is 8.96. The van der Waals surface area contributed by atoms with E-state index in [1.54, 1.807) is 0 Å². The van der Waals surface area contributed by atoms with Crippen LogP contribution >= 0.6 is 0 Å². The summed E-state index contributed by atoms with van der Waals surface area (Å²) in [5.74, 6) is 0.109. The van der Waals surface area contributed by atoms with Gasteiger partial charge >= 0.3 is 6.18 Å². The number of fused-ring (bicyclic) bond motifs is 1. The molecular weight excluding hydrogens is 447 g/mol. The number of benzene rings is 3. The van der Waals surface area contributed by atoms with Crippen LogP contribution in [0.15, 0.2) is 60.7 Å². The van der Waals surface area contributed by atoms with Gasteiger partial charge in [0.2, 0.25) is 0 Å². The highest BCUT2D eigenvalue weighted by Gasteiger charge is 2.42. The first-order valence-corrected chi connectivity index (χ1v) is 11.2. The second kappa shape index (κ2) is 9.54. The first-order chi connectivity index (χ1) is 16.2. The van der Waals surface area contributed by atoms with Gasteiger partial charge in [0.15, 0.2) is 0 Å². The lowest BCUT2D eigenvalue weighted by atomic mass is 9.80. The van der Waals surface area contributed by atoms with Crippen molar-refractivity contribution in [1.82, 2.24) is 0 Å².